The third kappa shape index (κ3) is 3.45. The van der Waals surface area contributed by atoms with Crippen LogP contribution in [-0.2, 0) is 16.6 Å². The summed E-state index contributed by atoms with van der Waals surface area (Å²) in [6, 6.07) is 4.63. The molecule has 1 N–H and O–H groups in total. The van der Waals surface area contributed by atoms with E-state index in [0.29, 0.717) is 31.0 Å². The summed E-state index contributed by atoms with van der Waals surface area (Å²) in [5.41, 5.74) is 1.70. The van der Waals surface area contributed by atoms with Gasteiger partial charge in [-0.25, -0.2) is 8.42 Å². The third-order valence-electron chi connectivity index (χ3n) is 3.54. The summed E-state index contributed by atoms with van der Waals surface area (Å²) in [5.74, 6) is 0.522. The van der Waals surface area contributed by atoms with Crippen molar-refractivity contribution in [2.24, 2.45) is 0 Å². The van der Waals surface area contributed by atoms with Gasteiger partial charge in [0.2, 0.25) is 10.0 Å². The normalized spacial score (nSPS) is 16.6. The highest BCUT2D eigenvalue weighted by Gasteiger charge is 2.26. The van der Waals surface area contributed by atoms with E-state index in [1.165, 1.54) is 22.0 Å². The standard InChI is InChI=1S/C15H21NO4S/c1-3-20-15-5-4-14(10-13(15)11-17)21(18,19)16-8-6-12(2)7-9-16/h4-6,10,17H,3,7-9,11H2,1-2H3. The Bertz CT molecular complexity index is 637. The molecule has 1 aromatic rings. The van der Waals surface area contributed by atoms with Crippen molar-refractivity contribution in [1.29, 1.82) is 0 Å². The van der Waals surface area contributed by atoms with Gasteiger partial charge in [0.05, 0.1) is 18.1 Å². The summed E-state index contributed by atoms with van der Waals surface area (Å²) < 4.78 is 32.0. The SMILES string of the molecule is CCOc1ccc(S(=O)(=O)N2CC=C(C)CC2)cc1CO. The zero-order valence-corrected chi connectivity index (χ0v) is 13.2. The number of aliphatic hydroxyl groups excluding tert-OH is 1. The van der Waals surface area contributed by atoms with E-state index in [2.05, 4.69) is 0 Å². The number of aliphatic hydroxyl groups is 1. The van der Waals surface area contributed by atoms with E-state index in [9.17, 15) is 13.5 Å². The first kappa shape index (κ1) is 16.0. The molecule has 1 aromatic carbocycles. The highest BCUT2D eigenvalue weighted by atomic mass is 32.2. The minimum Gasteiger partial charge on any atom is -0.494 e. The average Bonchev–Trinajstić information content (AvgIpc) is 2.48. The first-order chi connectivity index (χ1) is 9.98. The van der Waals surface area contributed by atoms with Crippen LogP contribution in [0.15, 0.2) is 34.7 Å². The highest BCUT2D eigenvalue weighted by molar-refractivity contribution is 7.89. The number of rotatable bonds is 5. The zero-order valence-electron chi connectivity index (χ0n) is 12.4. The van der Waals surface area contributed by atoms with Crippen LogP contribution in [0.4, 0.5) is 0 Å². The van der Waals surface area contributed by atoms with Crippen molar-refractivity contribution in [3.05, 3.63) is 35.4 Å². The lowest BCUT2D eigenvalue weighted by Crippen LogP contribution is -2.34. The second-order valence-electron chi connectivity index (χ2n) is 5.02. The van der Waals surface area contributed by atoms with Crippen LogP contribution in [0.3, 0.4) is 0 Å². The first-order valence-corrected chi connectivity index (χ1v) is 8.45. The molecule has 0 bridgehead atoms. The van der Waals surface area contributed by atoms with E-state index in [1.807, 2.05) is 19.9 Å². The Morgan fingerprint density at radius 1 is 1.38 bits per heavy atom. The monoisotopic (exact) mass is 311 g/mol. The van der Waals surface area contributed by atoms with Crippen molar-refractivity contribution in [2.45, 2.75) is 31.8 Å². The summed E-state index contributed by atoms with van der Waals surface area (Å²) in [4.78, 5) is 0.197. The highest BCUT2D eigenvalue weighted by Crippen LogP contribution is 2.26. The molecule has 116 valence electrons. The Morgan fingerprint density at radius 2 is 2.14 bits per heavy atom. The van der Waals surface area contributed by atoms with Crippen molar-refractivity contribution < 1.29 is 18.3 Å². The van der Waals surface area contributed by atoms with Crippen LogP contribution in [-0.4, -0.2) is 37.5 Å². The molecular formula is C15H21NO4S. The molecule has 5 nitrogen and oxygen atoms in total. The molecule has 1 aliphatic rings. The van der Waals surface area contributed by atoms with Gasteiger partial charge in [-0.15, -0.1) is 0 Å². The lowest BCUT2D eigenvalue weighted by Gasteiger charge is -2.25. The largest absolute Gasteiger partial charge is 0.494 e. The quantitative estimate of drug-likeness (QED) is 0.844. The van der Waals surface area contributed by atoms with Gasteiger partial charge in [-0.3, -0.25) is 0 Å². The fraction of sp³-hybridized carbons (Fsp3) is 0.467. The maximum Gasteiger partial charge on any atom is 0.243 e. The van der Waals surface area contributed by atoms with E-state index in [0.717, 1.165) is 6.42 Å². The Labute approximate surface area is 125 Å². The van der Waals surface area contributed by atoms with Crippen LogP contribution < -0.4 is 4.74 Å². The number of benzene rings is 1. The predicted molar refractivity (Wildman–Crippen MR) is 80.7 cm³/mol. The molecule has 0 fully saturated rings. The summed E-state index contributed by atoms with van der Waals surface area (Å²) in [6.07, 6.45) is 2.69. The van der Waals surface area contributed by atoms with Crippen molar-refractivity contribution in [1.82, 2.24) is 4.31 Å². The van der Waals surface area contributed by atoms with Crippen molar-refractivity contribution >= 4 is 10.0 Å². The van der Waals surface area contributed by atoms with Gasteiger partial charge in [0.25, 0.3) is 0 Å². The molecule has 0 saturated carbocycles. The molecule has 1 heterocycles. The fourth-order valence-corrected chi connectivity index (χ4v) is 3.69. The molecule has 0 amide bonds. The van der Waals surface area contributed by atoms with Gasteiger partial charge in [-0.05, 0) is 38.5 Å². The van der Waals surface area contributed by atoms with Crippen LogP contribution in [0.25, 0.3) is 0 Å². The van der Waals surface area contributed by atoms with E-state index in [-0.39, 0.29) is 11.5 Å². The van der Waals surface area contributed by atoms with Crippen molar-refractivity contribution in [2.75, 3.05) is 19.7 Å². The molecule has 0 radical (unpaired) electrons. The Kier molecular flexibility index (Phi) is 5.03. The van der Waals surface area contributed by atoms with Crippen molar-refractivity contribution in [3.63, 3.8) is 0 Å². The maximum absolute atomic E-state index is 12.6. The second kappa shape index (κ2) is 6.60. The molecule has 6 heteroatoms. The van der Waals surface area contributed by atoms with Gasteiger partial charge in [-0.1, -0.05) is 11.6 Å². The fourth-order valence-electron chi connectivity index (χ4n) is 2.26. The van der Waals surface area contributed by atoms with Crippen LogP contribution in [0.5, 0.6) is 5.75 Å². The van der Waals surface area contributed by atoms with Gasteiger partial charge >= 0.3 is 0 Å². The van der Waals surface area contributed by atoms with E-state index in [1.54, 1.807) is 6.07 Å². The first-order valence-electron chi connectivity index (χ1n) is 7.01. The lowest BCUT2D eigenvalue weighted by atomic mass is 10.1. The summed E-state index contributed by atoms with van der Waals surface area (Å²) >= 11 is 0. The summed E-state index contributed by atoms with van der Waals surface area (Å²) in [6.45, 7) is 4.95. The van der Waals surface area contributed by atoms with Gasteiger partial charge in [0.1, 0.15) is 5.75 Å². The van der Waals surface area contributed by atoms with E-state index in [4.69, 9.17) is 4.74 Å². The molecule has 0 atom stereocenters. The molecule has 0 unspecified atom stereocenters. The lowest BCUT2D eigenvalue weighted by molar-refractivity contribution is 0.266. The number of sulfonamides is 1. The van der Waals surface area contributed by atoms with E-state index < -0.39 is 10.0 Å². The molecule has 1 aliphatic heterocycles. The Hall–Kier alpha value is -1.37. The topological polar surface area (TPSA) is 66.8 Å². The smallest absolute Gasteiger partial charge is 0.243 e. The van der Waals surface area contributed by atoms with Gasteiger partial charge in [-0.2, -0.15) is 4.31 Å². The van der Waals surface area contributed by atoms with E-state index >= 15 is 0 Å². The summed E-state index contributed by atoms with van der Waals surface area (Å²) in [5, 5.41) is 9.38. The molecule has 0 saturated heterocycles. The average molecular weight is 311 g/mol. The molecule has 0 aromatic heterocycles. The second-order valence-corrected chi connectivity index (χ2v) is 6.96. The molecule has 0 spiro atoms. The van der Waals surface area contributed by atoms with Crippen LogP contribution in [0.1, 0.15) is 25.8 Å². The number of ether oxygens (including phenoxy) is 1. The Balaban J connectivity index is 2.32. The van der Waals surface area contributed by atoms with Crippen LogP contribution in [0, 0.1) is 0 Å². The predicted octanol–water partition coefficient (Wildman–Crippen LogP) is 1.92. The molecule has 2 rings (SSSR count). The number of hydrogen-bond donors (Lipinski definition) is 1. The minimum atomic E-state index is -3.53. The minimum absolute atomic E-state index is 0.197. The third-order valence-corrected chi connectivity index (χ3v) is 5.40. The van der Waals surface area contributed by atoms with Gasteiger partial charge in [0, 0.05) is 18.7 Å². The Morgan fingerprint density at radius 3 is 2.71 bits per heavy atom. The molecular weight excluding hydrogens is 290 g/mol. The zero-order chi connectivity index (χ0) is 15.5. The maximum atomic E-state index is 12.6. The van der Waals surface area contributed by atoms with Crippen LogP contribution >= 0.6 is 0 Å². The van der Waals surface area contributed by atoms with Gasteiger partial charge in [0.15, 0.2) is 0 Å². The van der Waals surface area contributed by atoms with Crippen molar-refractivity contribution in [3.8, 4) is 5.75 Å². The number of nitrogens with zero attached hydrogens (tertiary/aromatic N) is 1. The number of hydrogen-bond acceptors (Lipinski definition) is 4. The van der Waals surface area contributed by atoms with Gasteiger partial charge < -0.3 is 9.84 Å². The molecule has 0 aliphatic carbocycles. The molecule has 21 heavy (non-hydrogen) atoms. The van der Waals surface area contributed by atoms with Crippen LogP contribution in [0.2, 0.25) is 0 Å². The summed E-state index contributed by atoms with van der Waals surface area (Å²) in [7, 11) is -3.53.